The summed E-state index contributed by atoms with van der Waals surface area (Å²) >= 11 is 0. The lowest BCUT2D eigenvalue weighted by atomic mass is 10.1. The van der Waals surface area contributed by atoms with Crippen molar-refractivity contribution in [2.24, 2.45) is 0 Å². The number of ketones is 1. The summed E-state index contributed by atoms with van der Waals surface area (Å²) in [6.07, 6.45) is 0. The number of ether oxygens (including phenoxy) is 1. The highest BCUT2D eigenvalue weighted by Gasteiger charge is 2.30. The van der Waals surface area contributed by atoms with Crippen LogP contribution in [0.15, 0.2) is 42.5 Å². The maximum Gasteiger partial charge on any atom is 0.295 e. The molecule has 2 heterocycles. The predicted molar refractivity (Wildman–Crippen MR) is 109 cm³/mol. The highest BCUT2D eigenvalue weighted by Crippen LogP contribution is 2.30. The summed E-state index contributed by atoms with van der Waals surface area (Å²) in [5, 5.41) is 0.762. The minimum Gasteiger partial charge on any atom is -0.494 e. The molecule has 1 saturated heterocycles. The Morgan fingerprint density at radius 2 is 1.79 bits per heavy atom. The van der Waals surface area contributed by atoms with Gasteiger partial charge in [0.15, 0.2) is 0 Å². The number of Topliss-reactive ketones (excluding diaryl/α,β-unsaturated/α-hetero) is 1. The van der Waals surface area contributed by atoms with Crippen LogP contribution in [-0.2, 0) is 4.79 Å². The van der Waals surface area contributed by atoms with Gasteiger partial charge in [0.05, 0.1) is 18.4 Å². The Balaban J connectivity index is 1.49. The van der Waals surface area contributed by atoms with E-state index in [-0.39, 0.29) is 5.82 Å². The number of carbonyl (C=O) groups excluding carboxylic acids is 2. The molecule has 1 N–H and O–H groups in total. The maximum absolute atomic E-state index is 13.4. The molecule has 0 bridgehead atoms. The normalized spacial score (nSPS) is 14.3. The van der Waals surface area contributed by atoms with Crippen molar-refractivity contribution in [3.8, 4) is 5.75 Å². The summed E-state index contributed by atoms with van der Waals surface area (Å²) in [5.74, 6) is -0.897. The van der Waals surface area contributed by atoms with Gasteiger partial charge in [-0.1, -0.05) is 18.2 Å². The van der Waals surface area contributed by atoms with Gasteiger partial charge in [0.25, 0.3) is 11.7 Å². The maximum atomic E-state index is 13.4. The quantitative estimate of drug-likeness (QED) is 0.544. The van der Waals surface area contributed by atoms with E-state index in [0.717, 1.165) is 16.6 Å². The SMILES string of the molecule is COc1cc(F)ccc1N1CCN(C(=O)C(=O)c2c(C)[nH]c3ccccc23)CC1. The number of aromatic amines is 1. The number of methoxy groups -OCH3 is 1. The molecule has 29 heavy (non-hydrogen) atoms. The van der Waals surface area contributed by atoms with E-state index in [2.05, 4.69) is 4.98 Å². The van der Waals surface area contributed by atoms with Gasteiger partial charge in [0.2, 0.25) is 0 Å². The first-order valence-corrected chi connectivity index (χ1v) is 9.49. The highest BCUT2D eigenvalue weighted by molar-refractivity contribution is 6.45. The van der Waals surface area contributed by atoms with Gasteiger partial charge in [-0.25, -0.2) is 4.39 Å². The first-order valence-electron chi connectivity index (χ1n) is 9.49. The first-order chi connectivity index (χ1) is 14.0. The molecular weight excluding hydrogens is 373 g/mol. The zero-order chi connectivity index (χ0) is 20.5. The third kappa shape index (κ3) is 3.44. The van der Waals surface area contributed by atoms with Crippen LogP contribution >= 0.6 is 0 Å². The van der Waals surface area contributed by atoms with Crippen molar-refractivity contribution < 1.29 is 18.7 Å². The number of para-hydroxylation sites is 1. The lowest BCUT2D eigenvalue weighted by Crippen LogP contribution is -2.50. The number of H-pyrrole nitrogens is 1. The van der Waals surface area contributed by atoms with Crippen LogP contribution in [0, 0.1) is 12.7 Å². The van der Waals surface area contributed by atoms with Gasteiger partial charge in [0.1, 0.15) is 11.6 Å². The van der Waals surface area contributed by atoms with Crippen LogP contribution in [0.4, 0.5) is 10.1 Å². The molecule has 2 aromatic carbocycles. The Labute approximate surface area is 167 Å². The van der Waals surface area contributed by atoms with Crippen molar-refractivity contribution >= 4 is 28.3 Å². The second kappa shape index (κ2) is 7.58. The topological polar surface area (TPSA) is 65.6 Å². The van der Waals surface area contributed by atoms with Crippen LogP contribution in [-0.4, -0.2) is 54.9 Å². The van der Waals surface area contributed by atoms with Crippen molar-refractivity contribution in [3.05, 3.63) is 59.5 Å². The third-order valence-corrected chi connectivity index (χ3v) is 5.36. The number of aryl methyl sites for hydroxylation is 1. The van der Waals surface area contributed by atoms with Crippen LogP contribution in [0.1, 0.15) is 16.1 Å². The van der Waals surface area contributed by atoms with Crippen LogP contribution in [0.5, 0.6) is 5.75 Å². The minimum atomic E-state index is -0.497. The van der Waals surface area contributed by atoms with E-state index in [1.54, 1.807) is 17.9 Å². The lowest BCUT2D eigenvalue weighted by molar-refractivity contribution is -0.126. The Morgan fingerprint density at radius 1 is 1.07 bits per heavy atom. The second-order valence-electron chi connectivity index (χ2n) is 7.10. The van der Waals surface area contributed by atoms with Crippen molar-refractivity contribution in [2.45, 2.75) is 6.92 Å². The fourth-order valence-electron chi connectivity index (χ4n) is 3.88. The number of carbonyl (C=O) groups is 2. The molecule has 4 rings (SSSR count). The Bertz CT molecular complexity index is 1080. The molecule has 0 atom stereocenters. The summed E-state index contributed by atoms with van der Waals surface area (Å²) in [4.78, 5) is 32.6. The number of amides is 1. The summed E-state index contributed by atoms with van der Waals surface area (Å²) in [5.41, 5.74) is 2.75. The minimum absolute atomic E-state index is 0.362. The van der Waals surface area contributed by atoms with Gasteiger partial charge in [-0.2, -0.15) is 0 Å². The number of hydrogen-bond donors (Lipinski definition) is 1. The van der Waals surface area contributed by atoms with E-state index in [4.69, 9.17) is 4.74 Å². The van der Waals surface area contributed by atoms with Crippen molar-refractivity contribution in [1.82, 2.24) is 9.88 Å². The molecule has 1 amide bonds. The molecule has 1 aliphatic heterocycles. The largest absolute Gasteiger partial charge is 0.494 e. The van der Waals surface area contributed by atoms with Crippen LogP contribution in [0.2, 0.25) is 0 Å². The molecule has 0 radical (unpaired) electrons. The number of aromatic nitrogens is 1. The van der Waals surface area contributed by atoms with Gasteiger partial charge >= 0.3 is 0 Å². The Morgan fingerprint density at radius 3 is 2.52 bits per heavy atom. The number of anilines is 1. The molecule has 1 aliphatic rings. The summed E-state index contributed by atoms with van der Waals surface area (Å²) in [6.45, 7) is 3.69. The van der Waals surface area contributed by atoms with Gasteiger partial charge in [0, 0.05) is 48.8 Å². The van der Waals surface area contributed by atoms with Crippen LogP contribution in [0.3, 0.4) is 0 Å². The third-order valence-electron chi connectivity index (χ3n) is 5.36. The monoisotopic (exact) mass is 395 g/mol. The molecule has 0 saturated carbocycles. The molecule has 7 heteroatoms. The number of fused-ring (bicyclic) bond motifs is 1. The molecule has 0 spiro atoms. The molecule has 1 fully saturated rings. The Hall–Kier alpha value is -3.35. The summed E-state index contributed by atoms with van der Waals surface area (Å²) in [7, 11) is 1.50. The van der Waals surface area contributed by atoms with Gasteiger partial charge in [-0.15, -0.1) is 0 Å². The zero-order valence-corrected chi connectivity index (χ0v) is 16.4. The second-order valence-corrected chi connectivity index (χ2v) is 7.10. The van der Waals surface area contributed by atoms with E-state index in [0.29, 0.717) is 43.2 Å². The average molecular weight is 395 g/mol. The van der Waals surface area contributed by atoms with Crippen molar-refractivity contribution in [2.75, 3.05) is 38.2 Å². The van der Waals surface area contributed by atoms with E-state index < -0.39 is 11.7 Å². The van der Waals surface area contributed by atoms with E-state index in [1.807, 2.05) is 29.2 Å². The van der Waals surface area contributed by atoms with Crippen molar-refractivity contribution in [3.63, 3.8) is 0 Å². The van der Waals surface area contributed by atoms with Crippen LogP contribution < -0.4 is 9.64 Å². The molecule has 0 aliphatic carbocycles. The fourth-order valence-corrected chi connectivity index (χ4v) is 3.88. The zero-order valence-electron chi connectivity index (χ0n) is 16.4. The average Bonchev–Trinajstić information content (AvgIpc) is 3.08. The molecule has 0 unspecified atom stereocenters. The van der Waals surface area contributed by atoms with E-state index in [1.165, 1.54) is 19.2 Å². The Kier molecular flexibility index (Phi) is 4.96. The standard InChI is InChI=1S/C22H22FN3O3/c1-14-20(16-5-3-4-6-17(16)24-14)21(27)22(28)26-11-9-25(10-12-26)18-8-7-15(23)13-19(18)29-2/h3-8,13,24H,9-12H2,1-2H3. The van der Waals surface area contributed by atoms with Crippen molar-refractivity contribution in [1.29, 1.82) is 0 Å². The molecule has 1 aromatic heterocycles. The molecule has 6 nitrogen and oxygen atoms in total. The number of hydrogen-bond acceptors (Lipinski definition) is 4. The van der Waals surface area contributed by atoms with E-state index >= 15 is 0 Å². The van der Waals surface area contributed by atoms with Crippen LogP contribution in [0.25, 0.3) is 10.9 Å². The lowest BCUT2D eigenvalue weighted by Gasteiger charge is -2.36. The number of rotatable bonds is 4. The fraction of sp³-hybridized carbons (Fsp3) is 0.273. The number of halogens is 1. The van der Waals surface area contributed by atoms with Gasteiger partial charge < -0.3 is 19.5 Å². The number of nitrogens with one attached hydrogen (secondary N) is 1. The van der Waals surface area contributed by atoms with E-state index in [9.17, 15) is 14.0 Å². The summed E-state index contributed by atoms with van der Waals surface area (Å²) < 4.78 is 18.7. The molecular formula is C22H22FN3O3. The van der Waals surface area contributed by atoms with Gasteiger partial charge in [-0.05, 0) is 25.1 Å². The molecule has 150 valence electrons. The summed E-state index contributed by atoms with van der Waals surface area (Å²) in [6, 6.07) is 11.9. The van der Waals surface area contributed by atoms with Gasteiger partial charge in [-0.3, -0.25) is 9.59 Å². The molecule has 3 aromatic rings. The number of benzene rings is 2. The smallest absolute Gasteiger partial charge is 0.295 e. The first kappa shape index (κ1) is 19.0. The number of nitrogens with zero attached hydrogens (tertiary/aromatic N) is 2. The number of piperazine rings is 1. The predicted octanol–water partition coefficient (Wildman–Crippen LogP) is 3.16. The highest BCUT2D eigenvalue weighted by atomic mass is 19.1.